The molecule has 0 radical (unpaired) electrons. The van der Waals surface area contributed by atoms with Crippen molar-refractivity contribution in [3.05, 3.63) is 42.9 Å². The minimum atomic E-state index is -0.638. The molecule has 0 bridgehead atoms. The van der Waals surface area contributed by atoms with Crippen molar-refractivity contribution in [2.75, 3.05) is 0 Å². The van der Waals surface area contributed by atoms with Gasteiger partial charge in [0, 0.05) is 10.4 Å². The Morgan fingerprint density at radius 2 is 2.13 bits per heavy atom. The predicted octanol–water partition coefficient (Wildman–Crippen LogP) is 4.26. The van der Waals surface area contributed by atoms with Crippen LogP contribution < -0.4 is 0 Å². The fourth-order valence-corrected chi connectivity index (χ4v) is 3.60. The fourth-order valence-electron chi connectivity index (χ4n) is 1.40. The second kappa shape index (κ2) is 4.41. The van der Waals surface area contributed by atoms with Crippen molar-refractivity contribution < 1.29 is 9.52 Å². The molecule has 15 heavy (non-hydrogen) atoms. The molecule has 2 aromatic heterocycles. The molecule has 2 aromatic rings. The molecule has 0 aliphatic heterocycles. The van der Waals surface area contributed by atoms with Gasteiger partial charge in [0.1, 0.15) is 6.10 Å². The Kier molecular flexibility index (Phi) is 3.35. The van der Waals surface area contributed by atoms with Gasteiger partial charge in [0.15, 0.2) is 4.67 Å². The van der Waals surface area contributed by atoms with Crippen LogP contribution in [0.2, 0.25) is 0 Å². The van der Waals surface area contributed by atoms with Crippen LogP contribution in [0, 0.1) is 6.92 Å². The van der Waals surface area contributed by atoms with Gasteiger partial charge in [-0.1, -0.05) is 0 Å². The summed E-state index contributed by atoms with van der Waals surface area (Å²) in [5, 5.41) is 10.2. The van der Waals surface area contributed by atoms with Crippen molar-refractivity contribution in [3.63, 3.8) is 0 Å². The molecule has 80 valence electrons. The smallest absolute Gasteiger partial charge is 0.175 e. The summed E-state index contributed by atoms with van der Waals surface area (Å²) < 4.78 is 6.70. The van der Waals surface area contributed by atoms with Gasteiger partial charge < -0.3 is 9.52 Å². The Morgan fingerprint density at radius 1 is 1.40 bits per heavy atom. The van der Waals surface area contributed by atoms with Crippen LogP contribution in [0.1, 0.15) is 22.1 Å². The third-order valence-corrected chi connectivity index (χ3v) is 4.38. The third-order valence-electron chi connectivity index (χ3n) is 2.16. The largest absolute Gasteiger partial charge is 0.457 e. The molecule has 0 saturated carbocycles. The maximum absolute atomic E-state index is 10.2. The van der Waals surface area contributed by atoms with Gasteiger partial charge in [0.2, 0.25) is 0 Å². The lowest BCUT2D eigenvalue weighted by Crippen LogP contribution is -1.98. The van der Waals surface area contributed by atoms with E-state index in [-0.39, 0.29) is 0 Å². The van der Waals surface area contributed by atoms with Gasteiger partial charge >= 0.3 is 0 Å². The van der Waals surface area contributed by atoms with E-state index in [2.05, 4.69) is 31.9 Å². The summed E-state index contributed by atoms with van der Waals surface area (Å²) in [6.45, 7) is 1.99. The first-order valence-corrected chi connectivity index (χ1v) is 6.66. The zero-order valence-corrected chi connectivity index (χ0v) is 11.8. The molecule has 0 aliphatic rings. The Hall–Kier alpha value is -0.100. The van der Waals surface area contributed by atoms with Crippen LogP contribution in [-0.2, 0) is 0 Å². The first-order valence-electron chi connectivity index (χ1n) is 4.26. The lowest BCUT2D eigenvalue weighted by atomic mass is 10.1. The molecule has 0 aromatic carbocycles. The summed E-state index contributed by atoms with van der Waals surface area (Å²) in [6, 6.07) is 3.70. The van der Waals surface area contributed by atoms with Crippen molar-refractivity contribution in [1.29, 1.82) is 0 Å². The minimum absolute atomic E-state index is 0.580. The highest BCUT2D eigenvalue weighted by Crippen LogP contribution is 2.36. The van der Waals surface area contributed by atoms with Crippen LogP contribution in [-0.4, -0.2) is 5.11 Å². The molecule has 5 heteroatoms. The van der Waals surface area contributed by atoms with Crippen LogP contribution in [0.25, 0.3) is 0 Å². The molecule has 1 unspecified atom stereocenters. The second-order valence-electron chi connectivity index (χ2n) is 3.11. The number of aryl methyl sites for hydroxylation is 1. The van der Waals surface area contributed by atoms with E-state index in [1.807, 2.05) is 13.0 Å². The number of halogens is 2. The van der Waals surface area contributed by atoms with Gasteiger partial charge in [0.05, 0.1) is 10.0 Å². The average Bonchev–Trinajstić information content (AvgIpc) is 2.71. The number of hydrogen-bond donors (Lipinski definition) is 1. The average molecular weight is 352 g/mol. The molecular weight excluding hydrogens is 344 g/mol. The van der Waals surface area contributed by atoms with Crippen molar-refractivity contribution in [2.24, 2.45) is 0 Å². The molecule has 2 nitrogen and oxygen atoms in total. The molecule has 2 heterocycles. The van der Waals surface area contributed by atoms with Gasteiger partial charge in [-0.2, -0.15) is 0 Å². The lowest BCUT2D eigenvalue weighted by molar-refractivity contribution is 0.218. The van der Waals surface area contributed by atoms with Gasteiger partial charge in [-0.3, -0.25) is 0 Å². The topological polar surface area (TPSA) is 33.4 Å². The normalized spacial score (nSPS) is 13.1. The van der Waals surface area contributed by atoms with Crippen LogP contribution in [0.4, 0.5) is 0 Å². The van der Waals surface area contributed by atoms with Crippen LogP contribution in [0.5, 0.6) is 0 Å². The summed E-state index contributed by atoms with van der Waals surface area (Å²) in [6.07, 6.45) is 0.917. The number of aliphatic hydroxyl groups excluding tert-OH is 1. The number of thiophene rings is 1. The molecule has 0 aliphatic carbocycles. The van der Waals surface area contributed by atoms with Crippen LogP contribution in [0.15, 0.2) is 31.3 Å². The highest BCUT2D eigenvalue weighted by molar-refractivity contribution is 9.11. The van der Waals surface area contributed by atoms with Gasteiger partial charge in [0.25, 0.3) is 0 Å². The summed E-state index contributed by atoms with van der Waals surface area (Å²) in [5.41, 5.74) is 1.66. The van der Waals surface area contributed by atoms with E-state index >= 15 is 0 Å². The highest BCUT2D eigenvalue weighted by atomic mass is 79.9. The van der Waals surface area contributed by atoms with Gasteiger partial charge in [-0.05, 0) is 56.5 Å². The summed E-state index contributed by atoms with van der Waals surface area (Å²) in [7, 11) is 0. The molecule has 1 N–H and O–H groups in total. The van der Waals surface area contributed by atoms with E-state index in [0.717, 1.165) is 19.8 Å². The zero-order chi connectivity index (χ0) is 11.0. The molecule has 0 fully saturated rings. The van der Waals surface area contributed by atoms with Crippen LogP contribution in [0.3, 0.4) is 0 Å². The SMILES string of the molecule is Cc1sc(Br)cc1C(O)c1ccoc1Br. The second-order valence-corrected chi connectivity index (χ2v) is 6.47. The third kappa shape index (κ3) is 2.20. The van der Waals surface area contributed by atoms with Crippen LogP contribution >= 0.6 is 43.2 Å². The predicted molar refractivity (Wildman–Crippen MR) is 67.2 cm³/mol. The molecule has 2 rings (SSSR count). The summed E-state index contributed by atoms with van der Waals surface area (Å²) >= 11 is 8.28. The molecule has 0 spiro atoms. The number of hydrogen-bond acceptors (Lipinski definition) is 3. The Balaban J connectivity index is 2.40. The molecule has 1 atom stereocenters. The Bertz CT molecular complexity index is 475. The summed E-state index contributed by atoms with van der Waals surface area (Å²) in [4.78, 5) is 1.10. The lowest BCUT2D eigenvalue weighted by Gasteiger charge is -2.08. The summed E-state index contributed by atoms with van der Waals surface area (Å²) in [5.74, 6) is 0. The number of aliphatic hydroxyl groups is 1. The van der Waals surface area contributed by atoms with Gasteiger partial charge in [-0.15, -0.1) is 11.3 Å². The number of rotatable bonds is 2. The number of furan rings is 1. The maximum Gasteiger partial charge on any atom is 0.175 e. The first-order chi connectivity index (χ1) is 7.09. The highest BCUT2D eigenvalue weighted by Gasteiger charge is 2.19. The van der Waals surface area contributed by atoms with E-state index in [1.165, 1.54) is 0 Å². The minimum Gasteiger partial charge on any atom is -0.457 e. The van der Waals surface area contributed by atoms with E-state index in [1.54, 1.807) is 23.7 Å². The fraction of sp³-hybridized carbons (Fsp3) is 0.200. The van der Waals surface area contributed by atoms with E-state index in [4.69, 9.17) is 4.42 Å². The van der Waals surface area contributed by atoms with Gasteiger partial charge in [-0.25, -0.2) is 0 Å². The van der Waals surface area contributed by atoms with Crippen molar-refractivity contribution in [2.45, 2.75) is 13.0 Å². The van der Waals surface area contributed by atoms with Crippen molar-refractivity contribution >= 4 is 43.2 Å². The Labute approximate surface area is 108 Å². The van der Waals surface area contributed by atoms with Crippen molar-refractivity contribution in [3.8, 4) is 0 Å². The molecule has 0 amide bonds. The maximum atomic E-state index is 10.2. The molecular formula is C10H8Br2O2S. The Morgan fingerprint density at radius 3 is 2.60 bits per heavy atom. The first kappa shape index (κ1) is 11.4. The van der Waals surface area contributed by atoms with E-state index in [0.29, 0.717) is 4.67 Å². The zero-order valence-electron chi connectivity index (χ0n) is 7.83. The standard InChI is InChI=1S/C10H8Br2O2S/c1-5-7(4-8(11)15-5)9(13)6-2-3-14-10(6)12/h2-4,9,13H,1H3. The monoisotopic (exact) mass is 350 g/mol. The van der Waals surface area contributed by atoms with Crippen molar-refractivity contribution in [1.82, 2.24) is 0 Å². The quantitative estimate of drug-likeness (QED) is 0.877. The van der Waals surface area contributed by atoms with E-state index in [9.17, 15) is 5.11 Å². The molecule has 0 saturated heterocycles. The van der Waals surface area contributed by atoms with E-state index < -0.39 is 6.10 Å².